The number of methoxy groups -OCH3 is 1. The van der Waals surface area contributed by atoms with Gasteiger partial charge in [-0.05, 0) is 42.3 Å². The fourth-order valence-corrected chi connectivity index (χ4v) is 6.56. The summed E-state index contributed by atoms with van der Waals surface area (Å²) in [7, 11) is -2.71. The smallest absolute Gasteiger partial charge is 0.323 e. The van der Waals surface area contributed by atoms with E-state index in [0.29, 0.717) is 16.3 Å². The number of pyridine rings is 1. The monoisotopic (exact) mass is 588 g/mol. The maximum absolute atomic E-state index is 13.2. The number of nitrogens with zero attached hydrogens (tertiary/aromatic N) is 4. The molecule has 1 aromatic carbocycles. The molecular formula is C26H32N6O6S2. The zero-order chi connectivity index (χ0) is 28.9. The van der Waals surface area contributed by atoms with Crippen LogP contribution < -0.4 is 24.6 Å². The lowest BCUT2D eigenvalue weighted by Crippen LogP contribution is -2.48. The van der Waals surface area contributed by atoms with E-state index in [9.17, 15) is 23.1 Å². The van der Waals surface area contributed by atoms with Crippen molar-refractivity contribution >= 4 is 44.1 Å². The first-order chi connectivity index (χ1) is 19.1. The van der Waals surface area contributed by atoms with E-state index in [4.69, 9.17) is 9.72 Å². The fourth-order valence-electron chi connectivity index (χ4n) is 4.18. The fraction of sp³-hybridized carbons (Fsp3) is 0.385. The number of hydrogen-bond donors (Lipinski definition) is 3. The highest BCUT2D eigenvalue weighted by molar-refractivity contribution is 7.89. The highest BCUT2D eigenvalue weighted by Crippen LogP contribution is 2.32. The van der Waals surface area contributed by atoms with Gasteiger partial charge in [0.25, 0.3) is 5.91 Å². The standard InChI is InChI=1S/C26H32N6O6S2/c1-17(2)22-23(39-26(29-22)32-14-12-31(13-15-32)18-8-10-27-11-9-18)24(33)28-16-21(25(34)35)30-40(36,37)20-6-4-19(38-3)5-7-20/h4-11,17,21,30H,12-16H2,1-3H3,(H,28,33)(H,34,35). The molecule has 1 aliphatic heterocycles. The summed E-state index contributed by atoms with van der Waals surface area (Å²) in [5.41, 5.74) is 1.71. The van der Waals surface area contributed by atoms with E-state index in [1.54, 1.807) is 12.4 Å². The summed E-state index contributed by atoms with van der Waals surface area (Å²) >= 11 is 1.25. The van der Waals surface area contributed by atoms with E-state index in [1.165, 1.54) is 42.7 Å². The van der Waals surface area contributed by atoms with Crippen LogP contribution >= 0.6 is 11.3 Å². The molecule has 0 saturated carbocycles. The van der Waals surface area contributed by atoms with Crippen LogP contribution in [0.5, 0.6) is 5.75 Å². The van der Waals surface area contributed by atoms with Crippen molar-refractivity contribution in [2.75, 3.05) is 49.6 Å². The molecule has 3 N–H and O–H groups in total. The van der Waals surface area contributed by atoms with Crippen LogP contribution in [0.15, 0.2) is 53.7 Å². The van der Waals surface area contributed by atoms with Gasteiger partial charge < -0.3 is 25.0 Å². The number of nitrogens with one attached hydrogen (secondary N) is 2. The van der Waals surface area contributed by atoms with Crippen LogP contribution in [0.25, 0.3) is 0 Å². The Hall–Kier alpha value is -3.75. The Balaban J connectivity index is 1.42. The number of anilines is 2. The third-order valence-corrected chi connectivity index (χ3v) is 9.02. The van der Waals surface area contributed by atoms with Crippen molar-refractivity contribution in [2.45, 2.75) is 30.7 Å². The van der Waals surface area contributed by atoms with Gasteiger partial charge >= 0.3 is 5.97 Å². The quantitative estimate of drug-likeness (QED) is 0.304. The number of amides is 1. The van der Waals surface area contributed by atoms with Crippen LogP contribution in [0.4, 0.5) is 10.8 Å². The molecule has 40 heavy (non-hydrogen) atoms. The van der Waals surface area contributed by atoms with Gasteiger partial charge in [-0.1, -0.05) is 25.2 Å². The predicted molar refractivity (Wildman–Crippen MR) is 152 cm³/mol. The lowest BCUT2D eigenvalue weighted by atomic mass is 10.1. The predicted octanol–water partition coefficient (Wildman–Crippen LogP) is 2.16. The Kier molecular flexibility index (Phi) is 9.22. The molecule has 1 fully saturated rings. The molecule has 1 atom stereocenters. The molecule has 0 spiro atoms. The largest absolute Gasteiger partial charge is 0.497 e. The maximum Gasteiger partial charge on any atom is 0.323 e. The van der Waals surface area contributed by atoms with Crippen molar-refractivity contribution in [3.8, 4) is 5.75 Å². The van der Waals surface area contributed by atoms with Crippen LogP contribution in [0.2, 0.25) is 0 Å². The Morgan fingerprint density at radius 3 is 2.25 bits per heavy atom. The molecule has 0 bridgehead atoms. The summed E-state index contributed by atoms with van der Waals surface area (Å²) in [6, 6.07) is 7.90. The molecule has 1 amide bonds. The first-order valence-electron chi connectivity index (χ1n) is 12.7. The zero-order valence-corrected chi connectivity index (χ0v) is 24.0. The Morgan fingerprint density at radius 1 is 1.05 bits per heavy atom. The molecule has 4 rings (SSSR count). The first kappa shape index (κ1) is 29.2. The molecule has 2 aromatic heterocycles. The van der Waals surface area contributed by atoms with Gasteiger partial charge in [0, 0.05) is 50.8 Å². The van der Waals surface area contributed by atoms with Crippen LogP contribution in [-0.2, 0) is 14.8 Å². The number of hydrogen-bond acceptors (Lipinski definition) is 10. The maximum atomic E-state index is 13.2. The van der Waals surface area contributed by atoms with Crippen LogP contribution in [0, 0.1) is 0 Å². The molecule has 1 saturated heterocycles. The molecule has 14 heteroatoms. The number of carboxylic acids is 1. The molecule has 0 radical (unpaired) electrons. The molecular weight excluding hydrogens is 556 g/mol. The van der Waals surface area contributed by atoms with Gasteiger partial charge in [0.1, 0.15) is 16.7 Å². The lowest BCUT2D eigenvalue weighted by Gasteiger charge is -2.35. The summed E-state index contributed by atoms with van der Waals surface area (Å²) in [6.07, 6.45) is 3.53. The minimum atomic E-state index is -4.16. The second-order valence-corrected chi connectivity index (χ2v) is 12.1. The van der Waals surface area contributed by atoms with Crippen molar-refractivity contribution in [1.82, 2.24) is 20.0 Å². The van der Waals surface area contributed by atoms with Gasteiger partial charge in [-0.25, -0.2) is 13.4 Å². The Bertz CT molecular complexity index is 1420. The number of benzene rings is 1. The van der Waals surface area contributed by atoms with E-state index in [1.807, 2.05) is 26.0 Å². The molecule has 3 heterocycles. The molecule has 12 nitrogen and oxygen atoms in total. The summed E-state index contributed by atoms with van der Waals surface area (Å²) < 4.78 is 32.7. The number of rotatable bonds is 11. The van der Waals surface area contributed by atoms with E-state index in [-0.39, 0.29) is 10.8 Å². The highest BCUT2D eigenvalue weighted by atomic mass is 32.2. The normalized spacial score (nSPS) is 14.7. The van der Waals surface area contributed by atoms with Crippen LogP contribution in [0.3, 0.4) is 0 Å². The molecule has 1 unspecified atom stereocenters. The number of thiazole rings is 1. The lowest BCUT2D eigenvalue weighted by molar-refractivity contribution is -0.138. The van der Waals surface area contributed by atoms with Gasteiger partial charge in [-0.3, -0.25) is 14.6 Å². The van der Waals surface area contributed by atoms with Crippen molar-refractivity contribution in [1.29, 1.82) is 0 Å². The van der Waals surface area contributed by atoms with Crippen molar-refractivity contribution in [3.05, 3.63) is 59.4 Å². The second kappa shape index (κ2) is 12.6. The van der Waals surface area contributed by atoms with Gasteiger partial charge in [-0.15, -0.1) is 0 Å². The van der Waals surface area contributed by atoms with E-state index < -0.39 is 34.5 Å². The minimum Gasteiger partial charge on any atom is -0.497 e. The van der Waals surface area contributed by atoms with Crippen molar-refractivity contribution < 1.29 is 27.9 Å². The number of aromatic nitrogens is 2. The second-order valence-electron chi connectivity index (χ2n) is 9.44. The number of carbonyl (C=O) groups excluding carboxylic acids is 1. The highest BCUT2D eigenvalue weighted by Gasteiger charge is 2.29. The van der Waals surface area contributed by atoms with E-state index in [2.05, 4.69) is 24.8 Å². The van der Waals surface area contributed by atoms with E-state index in [0.717, 1.165) is 37.0 Å². The number of carboxylic acid groups (broad SMARTS) is 1. The minimum absolute atomic E-state index is 0.0484. The van der Waals surface area contributed by atoms with Crippen molar-refractivity contribution in [3.63, 3.8) is 0 Å². The Morgan fingerprint density at radius 2 is 1.68 bits per heavy atom. The number of ether oxygens (including phenoxy) is 1. The topological polar surface area (TPSA) is 154 Å². The third-order valence-electron chi connectivity index (χ3n) is 6.41. The summed E-state index contributed by atoms with van der Waals surface area (Å²) in [5.74, 6) is -1.51. The van der Waals surface area contributed by atoms with Gasteiger partial charge in [0.15, 0.2) is 5.13 Å². The number of aliphatic carboxylic acids is 1. The average molecular weight is 589 g/mol. The van der Waals surface area contributed by atoms with Gasteiger partial charge in [0.05, 0.1) is 17.7 Å². The molecule has 214 valence electrons. The molecule has 0 aliphatic carbocycles. The third kappa shape index (κ3) is 6.87. The van der Waals surface area contributed by atoms with E-state index >= 15 is 0 Å². The van der Waals surface area contributed by atoms with Crippen molar-refractivity contribution in [2.24, 2.45) is 0 Å². The first-order valence-corrected chi connectivity index (χ1v) is 15.0. The molecule has 3 aromatic rings. The molecule has 1 aliphatic rings. The van der Waals surface area contributed by atoms with Gasteiger partial charge in [-0.2, -0.15) is 4.72 Å². The number of carbonyl (C=O) groups is 2. The number of sulfonamides is 1. The zero-order valence-electron chi connectivity index (χ0n) is 22.4. The SMILES string of the molecule is COc1ccc(S(=O)(=O)NC(CNC(=O)c2sc(N3CCN(c4ccncc4)CC3)nc2C(C)C)C(=O)O)cc1. The summed E-state index contributed by atoms with van der Waals surface area (Å²) in [4.78, 5) is 38.5. The van der Waals surface area contributed by atoms with Crippen LogP contribution in [0.1, 0.15) is 35.1 Å². The summed E-state index contributed by atoms with van der Waals surface area (Å²) in [6.45, 7) is 6.44. The summed E-state index contributed by atoms with van der Waals surface area (Å²) in [5, 5.41) is 13.0. The Labute approximate surface area is 237 Å². The number of piperazine rings is 1. The van der Waals surface area contributed by atoms with Crippen LogP contribution in [-0.4, -0.2) is 81.2 Å². The average Bonchev–Trinajstić information content (AvgIpc) is 3.42. The van der Waals surface area contributed by atoms with Gasteiger partial charge in [0.2, 0.25) is 10.0 Å².